The molecule has 0 aromatic heterocycles. The van der Waals surface area contributed by atoms with Gasteiger partial charge in [0.15, 0.2) is 0 Å². The quantitative estimate of drug-likeness (QED) is 0.181. The van der Waals surface area contributed by atoms with E-state index in [0.29, 0.717) is 0 Å². The van der Waals surface area contributed by atoms with Gasteiger partial charge in [-0.25, -0.2) is 0 Å². The van der Waals surface area contributed by atoms with Crippen molar-refractivity contribution in [1.82, 2.24) is 0 Å². The molecule has 0 unspecified atom stereocenters. The van der Waals surface area contributed by atoms with Crippen LogP contribution in [-0.2, 0) is 5.41 Å². The molecule has 0 aliphatic carbocycles. The van der Waals surface area contributed by atoms with Gasteiger partial charge in [-0.15, -0.1) is 0 Å². The minimum atomic E-state index is -0.366. The summed E-state index contributed by atoms with van der Waals surface area (Å²) in [6.45, 7) is 6.61. The van der Waals surface area contributed by atoms with Crippen LogP contribution < -0.4 is 4.72 Å². The molecule has 33 heavy (non-hydrogen) atoms. The Morgan fingerprint density at radius 2 is 1.39 bits per heavy atom. The molecule has 0 amide bonds. The fraction of sp³-hybridized carbons (Fsp3) is 0.143. The highest BCUT2D eigenvalue weighted by Crippen LogP contribution is 2.43. The molecule has 0 heterocycles. The van der Waals surface area contributed by atoms with Crippen LogP contribution in [0.25, 0.3) is 22.3 Å². The summed E-state index contributed by atoms with van der Waals surface area (Å²) in [7, 11) is 0. The second kappa shape index (κ2) is 9.51. The lowest BCUT2D eigenvalue weighted by Crippen LogP contribution is -2.14. The average Bonchev–Trinajstić information content (AvgIpc) is 2.83. The maximum atomic E-state index is 11.2. The van der Waals surface area contributed by atoms with Crippen LogP contribution in [0, 0.1) is 10.1 Å². The molecule has 0 saturated carbocycles. The van der Waals surface area contributed by atoms with Gasteiger partial charge in [-0.1, -0.05) is 87.5 Å². The van der Waals surface area contributed by atoms with Gasteiger partial charge in [-0.05, 0) is 57.8 Å². The van der Waals surface area contributed by atoms with Crippen molar-refractivity contribution in [1.29, 1.82) is 0 Å². The Labute approximate surface area is 199 Å². The second-order valence-corrected chi connectivity index (χ2v) is 9.77. The van der Waals surface area contributed by atoms with Crippen molar-refractivity contribution < 1.29 is 4.92 Å². The van der Waals surface area contributed by atoms with Crippen LogP contribution in [0.3, 0.4) is 0 Å². The van der Waals surface area contributed by atoms with Crippen molar-refractivity contribution in [2.24, 2.45) is 0 Å². The van der Waals surface area contributed by atoms with E-state index in [1.807, 2.05) is 30.3 Å². The molecule has 0 aliphatic rings. The zero-order valence-corrected chi connectivity index (χ0v) is 19.7. The van der Waals surface area contributed by atoms with Crippen LogP contribution in [0.15, 0.2) is 102 Å². The van der Waals surface area contributed by atoms with Crippen molar-refractivity contribution in [3.8, 4) is 22.3 Å². The van der Waals surface area contributed by atoms with E-state index in [4.69, 9.17) is 0 Å². The normalized spacial score (nSPS) is 11.2. The first kappa shape index (κ1) is 22.6. The summed E-state index contributed by atoms with van der Waals surface area (Å²) < 4.78 is 3.54. The maximum Gasteiger partial charge on any atom is 0.270 e. The first-order chi connectivity index (χ1) is 15.8. The minimum absolute atomic E-state index is 0.0838. The molecule has 0 aliphatic heterocycles. The number of nitrogens with zero attached hydrogens (tertiary/aromatic N) is 1. The van der Waals surface area contributed by atoms with E-state index in [1.165, 1.54) is 23.6 Å². The molecular formula is C28H26N2O2S. The lowest BCUT2D eigenvalue weighted by molar-refractivity contribution is -0.385. The molecule has 4 aromatic carbocycles. The number of nitrogens with one attached hydrogen (secondary N) is 1. The fourth-order valence-corrected chi connectivity index (χ4v) is 4.52. The van der Waals surface area contributed by atoms with Gasteiger partial charge in [0.2, 0.25) is 0 Å². The highest BCUT2D eigenvalue weighted by molar-refractivity contribution is 8.00. The third-order valence-corrected chi connectivity index (χ3v) is 6.23. The number of nitro groups is 1. The highest BCUT2D eigenvalue weighted by Gasteiger charge is 2.23. The molecule has 166 valence electrons. The van der Waals surface area contributed by atoms with E-state index in [2.05, 4.69) is 74.0 Å². The van der Waals surface area contributed by atoms with Crippen molar-refractivity contribution in [3.05, 3.63) is 113 Å². The van der Waals surface area contributed by atoms with Gasteiger partial charge >= 0.3 is 0 Å². The van der Waals surface area contributed by atoms with Crippen LogP contribution in [0.4, 0.5) is 11.4 Å². The van der Waals surface area contributed by atoms with Gasteiger partial charge < -0.3 is 4.72 Å². The number of hydrogen-bond acceptors (Lipinski definition) is 4. The van der Waals surface area contributed by atoms with Gasteiger partial charge in [0.25, 0.3) is 5.69 Å². The van der Waals surface area contributed by atoms with Crippen LogP contribution >= 0.6 is 11.9 Å². The Morgan fingerprint density at radius 3 is 2.00 bits per heavy atom. The molecule has 0 fully saturated rings. The Morgan fingerprint density at radius 1 is 0.758 bits per heavy atom. The molecule has 0 spiro atoms. The summed E-state index contributed by atoms with van der Waals surface area (Å²) >= 11 is 1.39. The number of non-ortho nitro benzene ring substituents is 1. The summed E-state index contributed by atoms with van der Waals surface area (Å²) in [5, 5.41) is 11.2. The van der Waals surface area contributed by atoms with E-state index in [0.717, 1.165) is 32.8 Å². The van der Waals surface area contributed by atoms with Gasteiger partial charge in [0.1, 0.15) is 0 Å². The Hall–Kier alpha value is -3.57. The standard InChI is InChI=1S/C28H26N2O2S/c1-28(2,3)26-18-22(20-11-6-4-7-12-20)17-25(21-13-8-5-9-14-21)27(26)29-33-24-16-10-15-23(19-24)30(31)32/h4-19,29H,1-3H3. The topological polar surface area (TPSA) is 55.2 Å². The number of anilines is 1. The van der Waals surface area contributed by atoms with E-state index in [9.17, 15) is 10.1 Å². The Bertz CT molecular complexity index is 1270. The fourth-order valence-electron chi connectivity index (χ4n) is 3.76. The smallest absolute Gasteiger partial charge is 0.270 e. The lowest BCUT2D eigenvalue weighted by Gasteiger charge is -2.27. The molecule has 0 bridgehead atoms. The lowest BCUT2D eigenvalue weighted by atomic mass is 9.81. The molecule has 4 aromatic rings. The van der Waals surface area contributed by atoms with Crippen LogP contribution in [0.1, 0.15) is 26.3 Å². The Kier molecular flexibility index (Phi) is 6.52. The van der Waals surface area contributed by atoms with Crippen molar-refractivity contribution in [2.75, 3.05) is 4.72 Å². The number of rotatable bonds is 6. The molecule has 1 N–H and O–H groups in total. The third-order valence-electron chi connectivity index (χ3n) is 5.44. The van der Waals surface area contributed by atoms with Crippen molar-refractivity contribution in [2.45, 2.75) is 31.1 Å². The van der Waals surface area contributed by atoms with E-state index in [1.54, 1.807) is 12.1 Å². The van der Waals surface area contributed by atoms with Crippen molar-refractivity contribution >= 4 is 23.3 Å². The van der Waals surface area contributed by atoms with Gasteiger partial charge in [0, 0.05) is 22.6 Å². The molecule has 5 heteroatoms. The summed E-state index contributed by atoms with van der Waals surface area (Å²) in [5.74, 6) is 0. The molecule has 0 radical (unpaired) electrons. The van der Waals surface area contributed by atoms with Crippen LogP contribution in [-0.4, -0.2) is 4.92 Å². The van der Waals surface area contributed by atoms with Gasteiger partial charge in [-0.3, -0.25) is 10.1 Å². The van der Waals surface area contributed by atoms with Crippen molar-refractivity contribution in [3.63, 3.8) is 0 Å². The van der Waals surface area contributed by atoms with Gasteiger partial charge in [-0.2, -0.15) is 0 Å². The molecule has 4 nitrogen and oxygen atoms in total. The predicted octanol–water partition coefficient (Wildman–Crippen LogP) is 8.35. The summed E-state index contributed by atoms with van der Waals surface area (Å²) in [5.41, 5.74) is 6.69. The molecule has 4 rings (SSSR count). The van der Waals surface area contributed by atoms with Gasteiger partial charge in [0.05, 0.1) is 10.6 Å². The first-order valence-electron chi connectivity index (χ1n) is 10.8. The molecule has 0 atom stereocenters. The monoisotopic (exact) mass is 454 g/mol. The zero-order valence-electron chi connectivity index (χ0n) is 18.9. The average molecular weight is 455 g/mol. The highest BCUT2D eigenvalue weighted by atomic mass is 32.2. The SMILES string of the molecule is CC(C)(C)c1cc(-c2ccccc2)cc(-c2ccccc2)c1NSc1cccc([N+](=O)[O-])c1. The first-order valence-corrected chi connectivity index (χ1v) is 11.6. The zero-order chi connectivity index (χ0) is 23.4. The van der Waals surface area contributed by atoms with Crippen LogP contribution in [0.2, 0.25) is 0 Å². The Balaban J connectivity index is 1.85. The molecular weight excluding hydrogens is 428 g/mol. The largest absolute Gasteiger partial charge is 0.325 e. The third kappa shape index (κ3) is 5.26. The number of nitro benzene ring substituents is 1. The summed E-state index contributed by atoms with van der Waals surface area (Å²) in [4.78, 5) is 11.6. The molecule has 0 saturated heterocycles. The summed E-state index contributed by atoms with van der Waals surface area (Å²) in [6, 6.07) is 31.9. The van der Waals surface area contributed by atoms with Crippen LogP contribution in [0.5, 0.6) is 0 Å². The minimum Gasteiger partial charge on any atom is -0.325 e. The summed E-state index contributed by atoms with van der Waals surface area (Å²) in [6.07, 6.45) is 0. The predicted molar refractivity (Wildman–Crippen MR) is 139 cm³/mol. The number of hydrogen-bond donors (Lipinski definition) is 1. The second-order valence-electron chi connectivity index (χ2n) is 8.89. The van der Waals surface area contributed by atoms with E-state index in [-0.39, 0.29) is 16.0 Å². The van der Waals surface area contributed by atoms with E-state index >= 15 is 0 Å². The van der Waals surface area contributed by atoms with E-state index < -0.39 is 0 Å². The number of benzene rings is 4. The maximum absolute atomic E-state index is 11.2.